The van der Waals surface area contributed by atoms with E-state index in [4.69, 9.17) is 0 Å². The summed E-state index contributed by atoms with van der Waals surface area (Å²) in [6, 6.07) is 0. The van der Waals surface area contributed by atoms with Crippen molar-refractivity contribution in [2.24, 2.45) is 5.92 Å². The molecule has 0 saturated heterocycles. The van der Waals surface area contributed by atoms with Gasteiger partial charge in [-0.2, -0.15) is 0 Å². The zero-order valence-electron chi connectivity index (χ0n) is 8.79. The van der Waals surface area contributed by atoms with Crippen molar-refractivity contribution in [2.45, 2.75) is 46.1 Å². The van der Waals surface area contributed by atoms with Crippen LogP contribution in [0.3, 0.4) is 0 Å². The predicted octanol–water partition coefficient (Wildman–Crippen LogP) is 1.94. The number of hydrogen-bond acceptors (Lipinski definition) is 3. The molecule has 0 aromatic carbocycles. The molecule has 0 radical (unpaired) electrons. The second-order valence-electron chi connectivity index (χ2n) is 4.21. The van der Waals surface area contributed by atoms with E-state index in [1.165, 1.54) is 0 Å². The molecule has 0 unspecified atom stereocenters. The summed E-state index contributed by atoms with van der Waals surface area (Å²) >= 11 is 0. The largest absolute Gasteiger partial charge is 0.462 e. The van der Waals surface area contributed by atoms with Crippen LogP contribution in [0.5, 0.6) is 0 Å². The normalized spacial score (nSPS) is 15.4. The third-order valence-corrected chi connectivity index (χ3v) is 1.55. The monoisotopic (exact) mass is 186 g/mol. The van der Waals surface area contributed by atoms with Crippen LogP contribution in [0.25, 0.3) is 0 Å². The summed E-state index contributed by atoms with van der Waals surface area (Å²) in [6.07, 6.45) is 2.30. The van der Waals surface area contributed by atoms with Crippen LogP contribution in [0, 0.1) is 5.92 Å². The van der Waals surface area contributed by atoms with Gasteiger partial charge in [0, 0.05) is 5.92 Å². The highest BCUT2D eigenvalue weighted by atomic mass is 16.5. The Hall–Kier alpha value is -0.860. The van der Waals surface area contributed by atoms with Gasteiger partial charge in [-0.3, -0.25) is 9.59 Å². The quantitative estimate of drug-likeness (QED) is 0.619. The first kappa shape index (κ1) is 12.1. The van der Waals surface area contributed by atoms with Crippen LogP contribution in [0.4, 0.5) is 0 Å². The minimum absolute atomic E-state index is 0.318. The van der Waals surface area contributed by atoms with Crippen LogP contribution in [0.1, 0.15) is 40.5 Å². The summed E-state index contributed by atoms with van der Waals surface area (Å²) in [4.78, 5) is 19.8. The number of ketones is 1. The minimum atomic E-state index is -0.318. The number of hydrogen-bond donors (Lipinski definition) is 0. The molecule has 3 heteroatoms. The molecular formula is C10H18O3. The number of carbonyl (C=O) groups is 2. The highest BCUT2D eigenvalue weighted by Gasteiger charge is 2.25. The summed E-state index contributed by atoms with van der Waals surface area (Å²) < 4.78 is 4.55. The molecule has 1 aliphatic rings. The second-order valence-corrected chi connectivity index (χ2v) is 4.21. The van der Waals surface area contributed by atoms with E-state index in [9.17, 15) is 9.59 Å². The molecule has 0 N–H and O–H groups in total. The Balaban J connectivity index is 0.000000223. The van der Waals surface area contributed by atoms with Crippen molar-refractivity contribution in [1.29, 1.82) is 0 Å². The Kier molecular flexibility index (Phi) is 4.67. The summed E-state index contributed by atoms with van der Waals surface area (Å²) in [5, 5.41) is 0. The first-order chi connectivity index (χ1) is 5.87. The molecule has 0 heterocycles. The highest BCUT2D eigenvalue weighted by molar-refractivity contribution is 5.80. The molecule has 0 bridgehead atoms. The zero-order chi connectivity index (χ0) is 10.5. The second kappa shape index (κ2) is 5.00. The van der Waals surface area contributed by atoms with Gasteiger partial charge in [-0.15, -0.1) is 0 Å². The van der Waals surface area contributed by atoms with Gasteiger partial charge < -0.3 is 4.74 Å². The van der Waals surface area contributed by atoms with Gasteiger partial charge in [0.15, 0.2) is 0 Å². The number of carbonyl (C=O) groups excluding carboxylic acids is 2. The lowest BCUT2D eigenvalue weighted by atomic mass is 10.2. The van der Waals surface area contributed by atoms with E-state index >= 15 is 0 Å². The fraction of sp³-hybridized carbons (Fsp3) is 0.800. The number of ether oxygens (including phenoxy) is 1. The predicted molar refractivity (Wildman–Crippen MR) is 50.3 cm³/mol. The van der Waals surface area contributed by atoms with Crippen LogP contribution < -0.4 is 0 Å². The van der Waals surface area contributed by atoms with Gasteiger partial charge in [0.05, 0.1) is 0 Å². The van der Waals surface area contributed by atoms with Crippen molar-refractivity contribution in [2.75, 3.05) is 0 Å². The van der Waals surface area contributed by atoms with Gasteiger partial charge >= 0.3 is 0 Å². The van der Waals surface area contributed by atoms with Gasteiger partial charge in [-0.25, -0.2) is 0 Å². The maximum absolute atomic E-state index is 10.2. The molecule has 0 spiro atoms. The molecule has 1 fully saturated rings. The molecule has 0 atom stereocenters. The van der Waals surface area contributed by atoms with Crippen molar-refractivity contribution < 1.29 is 14.3 Å². The molecular weight excluding hydrogens is 168 g/mol. The summed E-state index contributed by atoms with van der Waals surface area (Å²) in [5.74, 6) is 0.833. The topological polar surface area (TPSA) is 43.4 Å². The molecule has 0 aromatic rings. The van der Waals surface area contributed by atoms with Gasteiger partial charge in [-0.05, 0) is 40.5 Å². The van der Waals surface area contributed by atoms with E-state index in [0.29, 0.717) is 18.2 Å². The molecule has 0 amide bonds. The molecule has 1 aliphatic carbocycles. The highest BCUT2D eigenvalue weighted by Crippen LogP contribution is 2.29. The van der Waals surface area contributed by atoms with E-state index < -0.39 is 0 Å². The Labute approximate surface area is 79.5 Å². The maximum Gasteiger partial charge on any atom is 0.293 e. The van der Waals surface area contributed by atoms with Crippen LogP contribution in [-0.4, -0.2) is 17.9 Å². The van der Waals surface area contributed by atoms with Crippen molar-refractivity contribution in [3.63, 3.8) is 0 Å². The Bertz CT molecular complexity index is 175. The molecule has 3 nitrogen and oxygen atoms in total. The van der Waals surface area contributed by atoms with Gasteiger partial charge in [0.2, 0.25) is 0 Å². The third kappa shape index (κ3) is 9.05. The Morgan fingerprint density at radius 3 is 1.85 bits per heavy atom. The Morgan fingerprint density at radius 2 is 1.85 bits per heavy atom. The summed E-state index contributed by atoms with van der Waals surface area (Å²) in [5.41, 5.74) is -0.318. The van der Waals surface area contributed by atoms with Crippen LogP contribution in [-0.2, 0) is 14.3 Å². The SMILES string of the molecule is CC(=O)C1CC1.CC(C)(C)OC=O. The van der Waals surface area contributed by atoms with E-state index in [1.807, 2.05) is 20.8 Å². The third-order valence-electron chi connectivity index (χ3n) is 1.55. The number of rotatable bonds is 2. The maximum atomic E-state index is 10.2. The van der Waals surface area contributed by atoms with Crippen molar-refractivity contribution >= 4 is 12.3 Å². The molecule has 1 saturated carbocycles. The standard InChI is InChI=1S/C5H10O2.C5H8O/c1-5(2,3)7-4-6;1-4(6)5-2-3-5/h4H,1-3H3;5H,2-3H2,1H3. The van der Waals surface area contributed by atoms with Crippen LogP contribution in [0.15, 0.2) is 0 Å². The molecule has 0 aliphatic heterocycles. The van der Waals surface area contributed by atoms with Crippen LogP contribution >= 0.6 is 0 Å². The lowest BCUT2D eigenvalue weighted by molar-refractivity contribution is -0.138. The van der Waals surface area contributed by atoms with Crippen molar-refractivity contribution in [3.8, 4) is 0 Å². The summed E-state index contributed by atoms with van der Waals surface area (Å²) in [6.45, 7) is 7.59. The van der Waals surface area contributed by atoms with Crippen molar-refractivity contribution in [3.05, 3.63) is 0 Å². The minimum Gasteiger partial charge on any atom is -0.462 e. The van der Waals surface area contributed by atoms with Gasteiger partial charge in [-0.1, -0.05) is 0 Å². The van der Waals surface area contributed by atoms with Gasteiger partial charge in [0.25, 0.3) is 6.47 Å². The zero-order valence-corrected chi connectivity index (χ0v) is 8.79. The van der Waals surface area contributed by atoms with E-state index in [1.54, 1.807) is 6.92 Å². The van der Waals surface area contributed by atoms with E-state index in [0.717, 1.165) is 12.8 Å². The number of Topliss-reactive ketones (excluding diaryl/α,β-unsaturated/α-hetero) is 1. The molecule has 1 rings (SSSR count). The van der Waals surface area contributed by atoms with Gasteiger partial charge in [0.1, 0.15) is 11.4 Å². The van der Waals surface area contributed by atoms with E-state index in [-0.39, 0.29) is 5.60 Å². The van der Waals surface area contributed by atoms with Crippen molar-refractivity contribution in [1.82, 2.24) is 0 Å². The fourth-order valence-electron chi connectivity index (χ4n) is 0.634. The van der Waals surface area contributed by atoms with Crippen LogP contribution in [0.2, 0.25) is 0 Å². The molecule has 76 valence electrons. The average Bonchev–Trinajstić information content (AvgIpc) is 2.64. The van der Waals surface area contributed by atoms with E-state index in [2.05, 4.69) is 4.74 Å². The fourth-order valence-corrected chi connectivity index (χ4v) is 0.634. The lowest BCUT2D eigenvalue weighted by Crippen LogP contribution is -2.17. The molecule has 13 heavy (non-hydrogen) atoms. The average molecular weight is 186 g/mol. The smallest absolute Gasteiger partial charge is 0.293 e. The summed E-state index contributed by atoms with van der Waals surface area (Å²) in [7, 11) is 0. The lowest BCUT2D eigenvalue weighted by Gasteiger charge is -2.14. The first-order valence-corrected chi connectivity index (χ1v) is 4.48. The molecule has 0 aromatic heterocycles. The first-order valence-electron chi connectivity index (χ1n) is 4.48. The Morgan fingerprint density at radius 1 is 1.38 bits per heavy atom.